The summed E-state index contributed by atoms with van der Waals surface area (Å²) in [5.74, 6) is 2.07. The summed E-state index contributed by atoms with van der Waals surface area (Å²) in [6.07, 6.45) is 0. The van der Waals surface area contributed by atoms with Crippen molar-refractivity contribution in [1.82, 2.24) is 4.98 Å². The fourth-order valence-electron chi connectivity index (χ4n) is 2.97. The van der Waals surface area contributed by atoms with Crippen molar-refractivity contribution in [3.8, 4) is 22.6 Å². The van der Waals surface area contributed by atoms with Crippen LogP contribution in [-0.4, -0.2) is 25.8 Å². The summed E-state index contributed by atoms with van der Waals surface area (Å²) in [7, 11) is 3.31. The van der Waals surface area contributed by atoms with Crippen LogP contribution in [0.4, 0.5) is 0 Å². The van der Waals surface area contributed by atoms with E-state index < -0.39 is 0 Å². The first-order valence-corrected chi connectivity index (χ1v) is 8.28. The molecule has 0 atom stereocenters. The van der Waals surface area contributed by atoms with Crippen molar-refractivity contribution in [2.24, 2.45) is 0 Å². The molecule has 0 fully saturated rings. The summed E-state index contributed by atoms with van der Waals surface area (Å²) in [5, 5.41) is 0. The number of hydrogen-bond donors (Lipinski definition) is 0. The zero-order chi connectivity index (χ0) is 18.0. The van der Waals surface area contributed by atoms with E-state index in [9.17, 15) is 0 Å². The van der Waals surface area contributed by atoms with E-state index in [4.69, 9.17) is 18.6 Å². The number of benzene rings is 2. The minimum Gasteiger partial charge on any atom is -0.496 e. The summed E-state index contributed by atoms with van der Waals surface area (Å²) in [6.45, 7) is 7.01. The molecule has 0 aliphatic rings. The molecule has 0 spiro atoms. The van der Waals surface area contributed by atoms with Gasteiger partial charge < -0.3 is 18.6 Å². The molecule has 0 aliphatic carbocycles. The Bertz CT molecular complexity index is 873. The van der Waals surface area contributed by atoms with Crippen LogP contribution in [0, 0.1) is 13.8 Å². The fourth-order valence-corrected chi connectivity index (χ4v) is 2.97. The van der Waals surface area contributed by atoms with Crippen LogP contribution in [-0.2, 0) is 11.3 Å². The second-order valence-electron chi connectivity index (χ2n) is 5.85. The molecule has 0 radical (unpaired) electrons. The Balaban J connectivity index is 2.24. The molecule has 0 bridgehead atoms. The normalized spacial score (nSPS) is 11.1. The average Bonchev–Trinajstić information content (AvgIpc) is 3.02. The van der Waals surface area contributed by atoms with Gasteiger partial charge in [-0.2, -0.15) is 0 Å². The van der Waals surface area contributed by atoms with Crippen molar-refractivity contribution in [1.29, 1.82) is 0 Å². The molecular formula is C20H23NO4. The highest BCUT2D eigenvalue weighted by molar-refractivity contribution is 5.96. The smallest absolute Gasteiger partial charge is 0.192 e. The maximum Gasteiger partial charge on any atom is 0.192 e. The summed E-state index contributed by atoms with van der Waals surface area (Å²) >= 11 is 0. The zero-order valence-electron chi connectivity index (χ0n) is 15.3. The van der Waals surface area contributed by atoms with Crippen LogP contribution in [0.3, 0.4) is 0 Å². The summed E-state index contributed by atoms with van der Waals surface area (Å²) in [4.78, 5) is 4.50. The number of aryl methyl sites for hydroxylation is 2. The molecule has 0 amide bonds. The lowest BCUT2D eigenvalue weighted by molar-refractivity contribution is 0.133. The van der Waals surface area contributed by atoms with E-state index in [0.29, 0.717) is 30.6 Å². The molecule has 0 aliphatic heterocycles. The van der Waals surface area contributed by atoms with Crippen molar-refractivity contribution in [2.45, 2.75) is 27.4 Å². The van der Waals surface area contributed by atoms with Crippen LogP contribution < -0.4 is 9.47 Å². The number of methoxy groups -OCH3 is 2. The lowest BCUT2D eigenvalue weighted by Gasteiger charge is -2.16. The Labute approximate surface area is 147 Å². The lowest BCUT2D eigenvalue weighted by Crippen LogP contribution is -1.98. The first kappa shape index (κ1) is 17.3. The van der Waals surface area contributed by atoms with E-state index in [2.05, 4.69) is 4.98 Å². The van der Waals surface area contributed by atoms with Crippen LogP contribution in [0.15, 0.2) is 28.7 Å². The molecule has 5 heteroatoms. The van der Waals surface area contributed by atoms with Crippen molar-refractivity contribution < 1.29 is 18.6 Å². The SMILES string of the molecule is CCOCc1cc(OC)c(-c2ccc(C)c3nc(C)oc23)c(OC)c1. The van der Waals surface area contributed by atoms with Crippen LogP contribution in [0.2, 0.25) is 0 Å². The number of aromatic nitrogens is 1. The van der Waals surface area contributed by atoms with Crippen LogP contribution in [0.25, 0.3) is 22.2 Å². The van der Waals surface area contributed by atoms with Gasteiger partial charge in [-0.05, 0) is 43.2 Å². The van der Waals surface area contributed by atoms with E-state index in [1.165, 1.54) is 0 Å². The molecule has 25 heavy (non-hydrogen) atoms. The molecule has 0 saturated carbocycles. The van der Waals surface area contributed by atoms with Crippen molar-refractivity contribution in [2.75, 3.05) is 20.8 Å². The molecule has 1 aromatic heterocycles. The lowest BCUT2D eigenvalue weighted by atomic mass is 9.99. The van der Waals surface area contributed by atoms with E-state index >= 15 is 0 Å². The Kier molecular flexibility index (Phi) is 4.95. The molecule has 1 heterocycles. The van der Waals surface area contributed by atoms with Crippen LogP contribution in [0.5, 0.6) is 11.5 Å². The van der Waals surface area contributed by atoms with Gasteiger partial charge in [-0.1, -0.05) is 6.07 Å². The Hall–Kier alpha value is -2.53. The molecule has 132 valence electrons. The van der Waals surface area contributed by atoms with Crippen molar-refractivity contribution in [3.63, 3.8) is 0 Å². The first-order valence-electron chi connectivity index (χ1n) is 8.28. The van der Waals surface area contributed by atoms with Crippen LogP contribution >= 0.6 is 0 Å². The largest absolute Gasteiger partial charge is 0.496 e. The molecule has 0 saturated heterocycles. The zero-order valence-corrected chi connectivity index (χ0v) is 15.3. The van der Waals surface area contributed by atoms with Gasteiger partial charge in [0, 0.05) is 19.1 Å². The summed E-state index contributed by atoms with van der Waals surface area (Å²) in [5.41, 5.74) is 5.42. The second-order valence-corrected chi connectivity index (χ2v) is 5.85. The molecule has 0 unspecified atom stereocenters. The minimum atomic E-state index is 0.508. The molecular weight excluding hydrogens is 318 g/mol. The Morgan fingerprint density at radius 3 is 2.32 bits per heavy atom. The molecule has 5 nitrogen and oxygen atoms in total. The monoisotopic (exact) mass is 341 g/mol. The average molecular weight is 341 g/mol. The summed E-state index contributed by atoms with van der Waals surface area (Å²) in [6, 6.07) is 8.00. The fraction of sp³-hybridized carbons (Fsp3) is 0.350. The maximum atomic E-state index is 5.88. The predicted octanol–water partition coefficient (Wildman–Crippen LogP) is 4.67. The van der Waals surface area contributed by atoms with Gasteiger partial charge in [-0.3, -0.25) is 0 Å². The van der Waals surface area contributed by atoms with E-state index in [1.54, 1.807) is 14.2 Å². The number of ether oxygens (including phenoxy) is 3. The summed E-state index contributed by atoms with van der Waals surface area (Å²) < 4.78 is 22.7. The van der Waals surface area contributed by atoms with Gasteiger partial charge in [0.2, 0.25) is 0 Å². The number of fused-ring (bicyclic) bond motifs is 1. The third-order valence-electron chi connectivity index (χ3n) is 4.16. The van der Waals surface area contributed by atoms with Crippen LogP contribution in [0.1, 0.15) is 23.9 Å². The van der Waals surface area contributed by atoms with Gasteiger partial charge >= 0.3 is 0 Å². The highest BCUT2D eigenvalue weighted by atomic mass is 16.5. The number of oxazole rings is 1. The van der Waals surface area contributed by atoms with E-state index in [0.717, 1.165) is 33.4 Å². The van der Waals surface area contributed by atoms with E-state index in [1.807, 2.05) is 45.0 Å². The molecule has 3 rings (SSSR count). The topological polar surface area (TPSA) is 53.7 Å². The third kappa shape index (κ3) is 3.20. The molecule has 3 aromatic rings. The van der Waals surface area contributed by atoms with Gasteiger partial charge in [0.25, 0.3) is 0 Å². The Morgan fingerprint density at radius 1 is 1.04 bits per heavy atom. The van der Waals surface area contributed by atoms with Gasteiger partial charge in [-0.15, -0.1) is 0 Å². The van der Waals surface area contributed by atoms with E-state index in [-0.39, 0.29) is 0 Å². The highest BCUT2D eigenvalue weighted by Gasteiger charge is 2.20. The Morgan fingerprint density at radius 2 is 1.72 bits per heavy atom. The number of rotatable bonds is 6. The number of nitrogens with zero attached hydrogens (tertiary/aromatic N) is 1. The first-order chi connectivity index (χ1) is 12.1. The third-order valence-corrected chi connectivity index (χ3v) is 4.16. The highest BCUT2D eigenvalue weighted by Crippen LogP contribution is 2.43. The van der Waals surface area contributed by atoms with Crippen molar-refractivity contribution in [3.05, 3.63) is 41.3 Å². The van der Waals surface area contributed by atoms with Gasteiger partial charge in [0.1, 0.15) is 17.0 Å². The van der Waals surface area contributed by atoms with Gasteiger partial charge in [0.05, 0.1) is 26.4 Å². The van der Waals surface area contributed by atoms with Gasteiger partial charge in [-0.25, -0.2) is 4.98 Å². The standard InChI is InChI=1S/C20H23NO4/c1-6-24-11-14-9-16(22-4)18(17(10-14)23-5)15-8-7-12(2)19-20(15)25-13(3)21-19/h7-10H,6,11H2,1-5H3. The van der Waals surface area contributed by atoms with Gasteiger partial charge in [0.15, 0.2) is 11.5 Å². The van der Waals surface area contributed by atoms with Crippen molar-refractivity contribution >= 4 is 11.1 Å². The quantitative estimate of drug-likeness (QED) is 0.652. The molecule has 0 N–H and O–H groups in total. The number of hydrogen-bond acceptors (Lipinski definition) is 5. The maximum absolute atomic E-state index is 5.88. The molecule has 2 aromatic carbocycles. The minimum absolute atomic E-state index is 0.508. The second kappa shape index (κ2) is 7.15. The predicted molar refractivity (Wildman–Crippen MR) is 97.4 cm³/mol.